The van der Waals surface area contributed by atoms with Crippen LogP contribution in [0.1, 0.15) is 16.7 Å². The summed E-state index contributed by atoms with van der Waals surface area (Å²) in [5.41, 5.74) is 13.6. The number of hydrogen-bond donors (Lipinski definition) is 3. The molecule has 5 rings (SSSR count). The van der Waals surface area contributed by atoms with E-state index in [1.54, 1.807) is 0 Å². The number of nitrogen functional groups attached to an aromatic ring is 1. The molecule has 164 valence electrons. The van der Waals surface area contributed by atoms with Gasteiger partial charge in [0.1, 0.15) is 5.82 Å². The Morgan fingerprint density at radius 1 is 0.969 bits per heavy atom. The van der Waals surface area contributed by atoms with Crippen molar-refractivity contribution in [2.45, 2.75) is 13.0 Å². The topological polar surface area (TPSA) is 66.2 Å². The lowest BCUT2D eigenvalue weighted by atomic mass is 9.93. The quantitative estimate of drug-likeness (QED) is 0.553. The maximum absolute atomic E-state index is 14.9. The Kier molecular flexibility index (Phi) is 5.64. The summed E-state index contributed by atoms with van der Waals surface area (Å²) >= 11 is 0. The molecule has 0 radical (unpaired) electrons. The van der Waals surface area contributed by atoms with Crippen LogP contribution in [-0.2, 0) is 13.0 Å². The molecule has 1 saturated heterocycles. The van der Waals surface area contributed by atoms with Gasteiger partial charge in [-0.2, -0.15) is 4.39 Å². The van der Waals surface area contributed by atoms with Crippen molar-refractivity contribution >= 4 is 11.5 Å². The van der Waals surface area contributed by atoms with Crippen LogP contribution in [0.4, 0.5) is 10.2 Å². The zero-order valence-corrected chi connectivity index (χ0v) is 18.1. The number of halogens is 1. The molecular formula is C26H28FN5. The summed E-state index contributed by atoms with van der Waals surface area (Å²) in [6, 6.07) is 16.1. The lowest BCUT2D eigenvalue weighted by Gasteiger charge is -2.27. The fourth-order valence-electron chi connectivity index (χ4n) is 4.61. The predicted molar refractivity (Wildman–Crippen MR) is 128 cm³/mol. The molecule has 4 N–H and O–H groups in total. The number of piperazine rings is 1. The van der Waals surface area contributed by atoms with E-state index in [-0.39, 0.29) is 5.82 Å². The number of benzene rings is 2. The molecule has 2 aliphatic heterocycles. The third-order valence-corrected chi connectivity index (χ3v) is 6.33. The fourth-order valence-corrected chi connectivity index (χ4v) is 4.61. The minimum absolute atomic E-state index is 0.205. The average molecular weight is 430 g/mol. The highest BCUT2D eigenvalue weighted by Gasteiger charge is 2.17. The minimum Gasteiger partial charge on any atom is -0.385 e. The summed E-state index contributed by atoms with van der Waals surface area (Å²) in [6.45, 7) is 9.85. The van der Waals surface area contributed by atoms with Gasteiger partial charge in [0.05, 0.1) is 0 Å². The molecular weight excluding hydrogens is 401 g/mol. The van der Waals surface area contributed by atoms with Gasteiger partial charge in [0, 0.05) is 61.7 Å². The second-order valence-electron chi connectivity index (χ2n) is 8.51. The van der Waals surface area contributed by atoms with E-state index in [0.29, 0.717) is 5.56 Å². The molecule has 0 spiro atoms. The van der Waals surface area contributed by atoms with E-state index in [9.17, 15) is 4.39 Å². The van der Waals surface area contributed by atoms with Crippen LogP contribution in [0.15, 0.2) is 55.1 Å². The van der Waals surface area contributed by atoms with Gasteiger partial charge in [-0.25, -0.2) is 4.98 Å². The number of fused-ring (bicyclic) bond motifs is 1. The summed E-state index contributed by atoms with van der Waals surface area (Å²) in [4.78, 5) is 6.47. The maximum Gasteiger partial charge on any atom is 0.222 e. The number of nitrogens with one attached hydrogen (secondary N) is 2. The van der Waals surface area contributed by atoms with E-state index in [1.807, 2.05) is 24.3 Å². The number of nitrogens with two attached hydrogens (primary N) is 1. The number of aromatic nitrogens is 1. The first-order valence-electron chi connectivity index (χ1n) is 11.1. The van der Waals surface area contributed by atoms with Crippen LogP contribution >= 0.6 is 0 Å². The molecule has 0 aliphatic carbocycles. The molecule has 1 fully saturated rings. The molecule has 5 nitrogen and oxygen atoms in total. The van der Waals surface area contributed by atoms with Gasteiger partial charge >= 0.3 is 0 Å². The highest BCUT2D eigenvalue weighted by molar-refractivity contribution is 5.81. The molecule has 0 atom stereocenters. The van der Waals surface area contributed by atoms with Crippen molar-refractivity contribution in [1.82, 2.24) is 20.5 Å². The van der Waals surface area contributed by atoms with Crippen LogP contribution in [0.2, 0.25) is 0 Å². The van der Waals surface area contributed by atoms with Crippen LogP contribution in [-0.4, -0.2) is 42.6 Å². The Morgan fingerprint density at radius 2 is 1.78 bits per heavy atom. The first kappa shape index (κ1) is 20.7. The van der Waals surface area contributed by atoms with Gasteiger partial charge in [-0.05, 0) is 40.8 Å². The lowest BCUT2D eigenvalue weighted by molar-refractivity contribution is 0.233. The Morgan fingerprint density at radius 3 is 2.62 bits per heavy atom. The van der Waals surface area contributed by atoms with Crippen molar-refractivity contribution < 1.29 is 4.39 Å². The van der Waals surface area contributed by atoms with Crippen molar-refractivity contribution in [3.8, 4) is 22.3 Å². The summed E-state index contributed by atoms with van der Waals surface area (Å²) in [5.74, 6) is -0.336. The molecule has 2 aliphatic rings. The molecule has 0 amide bonds. The molecule has 0 saturated carbocycles. The second kappa shape index (κ2) is 8.73. The van der Waals surface area contributed by atoms with Gasteiger partial charge in [-0.1, -0.05) is 43.0 Å². The van der Waals surface area contributed by atoms with Gasteiger partial charge in [0.2, 0.25) is 5.95 Å². The van der Waals surface area contributed by atoms with E-state index in [4.69, 9.17) is 5.73 Å². The van der Waals surface area contributed by atoms with Crippen LogP contribution < -0.4 is 16.4 Å². The number of hydrogen-bond acceptors (Lipinski definition) is 5. The number of nitrogens with zero attached hydrogens (tertiary/aromatic N) is 2. The Labute approximate surface area is 188 Å². The number of anilines is 1. The van der Waals surface area contributed by atoms with Gasteiger partial charge in [0.15, 0.2) is 0 Å². The first-order chi connectivity index (χ1) is 15.6. The van der Waals surface area contributed by atoms with Crippen LogP contribution in [0, 0.1) is 5.95 Å². The Bertz CT molecular complexity index is 1170. The molecule has 0 unspecified atom stereocenters. The fraction of sp³-hybridized carbons (Fsp3) is 0.269. The van der Waals surface area contributed by atoms with Crippen molar-refractivity contribution in [3.63, 3.8) is 0 Å². The Balaban J connectivity index is 1.49. The van der Waals surface area contributed by atoms with Crippen molar-refractivity contribution in [3.05, 3.63) is 77.7 Å². The predicted octanol–water partition coefficient (Wildman–Crippen LogP) is 3.66. The summed E-state index contributed by atoms with van der Waals surface area (Å²) in [5, 5.41) is 6.67. The summed E-state index contributed by atoms with van der Waals surface area (Å²) < 4.78 is 14.9. The number of pyridine rings is 1. The van der Waals surface area contributed by atoms with E-state index >= 15 is 0 Å². The van der Waals surface area contributed by atoms with Gasteiger partial charge in [0.25, 0.3) is 0 Å². The van der Waals surface area contributed by atoms with E-state index < -0.39 is 5.95 Å². The van der Waals surface area contributed by atoms with Gasteiger partial charge in [-0.15, -0.1) is 0 Å². The first-order valence-corrected chi connectivity index (χ1v) is 11.1. The van der Waals surface area contributed by atoms with Crippen LogP contribution in [0.25, 0.3) is 28.0 Å². The van der Waals surface area contributed by atoms with E-state index in [0.717, 1.165) is 73.6 Å². The molecule has 3 aromatic rings. The molecule has 6 heteroatoms. The smallest absolute Gasteiger partial charge is 0.222 e. The van der Waals surface area contributed by atoms with Gasteiger partial charge in [-0.3, -0.25) is 4.90 Å². The molecule has 2 aromatic carbocycles. The van der Waals surface area contributed by atoms with E-state index in [1.165, 1.54) is 11.1 Å². The highest BCUT2D eigenvalue weighted by Crippen LogP contribution is 2.34. The molecule has 0 bridgehead atoms. The lowest BCUT2D eigenvalue weighted by Crippen LogP contribution is -2.42. The second-order valence-corrected chi connectivity index (χ2v) is 8.51. The van der Waals surface area contributed by atoms with Crippen molar-refractivity contribution in [2.75, 3.05) is 38.5 Å². The van der Waals surface area contributed by atoms with Crippen molar-refractivity contribution in [1.29, 1.82) is 0 Å². The van der Waals surface area contributed by atoms with Crippen molar-refractivity contribution in [2.24, 2.45) is 0 Å². The summed E-state index contributed by atoms with van der Waals surface area (Å²) in [7, 11) is 0. The van der Waals surface area contributed by atoms with Crippen LogP contribution in [0.5, 0.6) is 0 Å². The SMILES string of the molecule is C=C1NCCc2cc(-c3cc(-c4cccc(CN5CCNCC5)c4)c(F)nc3N)ccc21. The third-order valence-electron chi connectivity index (χ3n) is 6.33. The summed E-state index contributed by atoms with van der Waals surface area (Å²) in [6.07, 6.45) is 0.914. The van der Waals surface area contributed by atoms with Crippen LogP contribution in [0.3, 0.4) is 0 Å². The molecule has 32 heavy (non-hydrogen) atoms. The third kappa shape index (κ3) is 4.11. The number of rotatable bonds is 4. The normalized spacial score (nSPS) is 16.5. The monoisotopic (exact) mass is 429 g/mol. The average Bonchev–Trinajstić information content (AvgIpc) is 2.80. The van der Waals surface area contributed by atoms with E-state index in [2.05, 4.69) is 51.4 Å². The standard InChI is InChI=1S/C26H28FN5/c1-17-22-6-5-20(14-21(22)7-8-30-17)24-15-23(25(27)31-26(24)28)19-4-2-3-18(13-19)16-32-11-9-29-10-12-32/h2-6,13-15,29-30H,1,7-12,16H2,(H2,28,31). The molecule has 3 heterocycles. The Hall–Kier alpha value is -3.22. The highest BCUT2D eigenvalue weighted by atomic mass is 19.1. The minimum atomic E-state index is -0.541. The zero-order valence-electron chi connectivity index (χ0n) is 18.1. The van der Waals surface area contributed by atoms with Gasteiger partial charge < -0.3 is 16.4 Å². The largest absolute Gasteiger partial charge is 0.385 e. The molecule has 1 aromatic heterocycles. The zero-order chi connectivity index (χ0) is 22.1. The maximum atomic E-state index is 14.9.